The molecule has 0 saturated carbocycles. The van der Waals surface area contributed by atoms with E-state index in [1.54, 1.807) is 0 Å². The van der Waals surface area contributed by atoms with Crippen LogP contribution in [0.3, 0.4) is 0 Å². The second-order valence-corrected chi connectivity index (χ2v) is 7.59. The number of carbonyl (C=O) groups is 1. The van der Waals surface area contributed by atoms with Crippen molar-refractivity contribution in [2.75, 3.05) is 5.88 Å². The van der Waals surface area contributed by atoms with Gasteiger partial charge in [-0.3, -0.25) is 4.79 Å². The van der Waals surface area contributed by atoms with Gasteiger partial charge in [0.2, 0.25) is 5.91 Å². The van der Waals surface area contributed by atoms with Gasteiger partial charge in [0.1, 0.15) is 11.5 Å². The molecule has 1 N–H and O–H groups in total. The summed E-state index contributed by atoms with van der Waals surface area (Å²) in [5.74, 6) is 2.22. The Balaban J connectivity index is 2.25. The molecule has 1 amide bonds. The molecule has 0 aromatic carbocycles. The van der Waals surface area contributed by atoms with Gasteiger partial charge in [-0.15, -0.1) is 11.6 Å². The topological polar surface area (TPSA) is 42.2 Å². The van der Waals surface area contributed by atoms with Crippen LogP contribution in [0, 0.1) is 17.8 Å². The van der Waals surface area contributed by atoms with Crippen LogP contribution in [0.1, 0.15) is 57.2 Å². The number of rotatable bonds is 3. The maximum Gasteiger partial charge on any atom is 0.227 e. The zero-order valence-electron chi connectivity index (χ0n) is 13.0. The van der Waals surface area contributed by atoms with E-state index in [1.165, 1.54) is 0 Å². The van der Waals surface area contributed by atoms with Crippen molar-refractivity contribution in [1.29, 1.82) is 0 Å². The van der Waals surface area contributed by atoms with Gasteiger partial charge in [0, 0.05) is 17.9 Å². The first-order valence-electron chi connectivity index (χ1n) is 7.11. The Bertz CT molecular complexity index is 517. The van der Waals surface area contributed by atoms with E-state index in [0.29, 0.717) is 5.88 Å². The monoisotopic (exact) mass is 297 g/mol. The molecule has 112 valence electrons. The molecule has 20 heavy (non-hydrogen) atoms. The lowest BCUT2D eigenvalue weighted by molar-refractivity contribution is -0.129. The minimum absolute atomic E-state index is 0.00000283. The average Bonchev–Trinajstić information content (AvgIpc) is 2.67. The third kappa shape index (κ3) is 3.03. The average molecular weight is 298 g/mol. The minimum atomic E-state index is -0.553. The van der Waals surface area contributed by atoms with Crippen LogP contribution in [-0.2, 0) is 11.2 Å². The summed E-state index contributed by atoms with van der Waals surface area (Å²) in [5.41, 5.74) is 0.697. The molecule has 1 heterocycles. The highest BCUT2D eigenvalue weighted by atomic mass is 35.5. The summed E-state index contributed by atoms with van der Waals surface area (Å²) < 4.78 is 5.79. The fraction of sp³-hybridized carbons (Fsp3) is 0.688. The van der Waals surface area contributed by atoms with Crippen LogP contribution in [-0.4, -0.2) is 11.8 Å². The molecule has 1 atom stereocenters. The predicted molar refractivity (Wildman–Crippen MR) is 80.9 cm³/mol. The molecule has 0 aliphatic heterocycles. The number of alkyl halides is 1. The Morgan fingerprint density at radius 2 is 2.20 bits per heavy atom. The van der Waals surface area contributed by atoms with Crippen LogP contribution in [0.2, 0.25) is 0 Å². The zero-order chi connectivity index (χ0) is 15.1. The fourth-order valence-corrected chi connectivity index (χ4v) is 2.85. The van der Waals surface area contributed by atoms with Crippen molar-refractivity contribution < 1.29 is 9.21 Å². The van der Waals surface area contributed by atoms with Gasteiger partial charge in [0.05, 0.1) is 11.5 Å². The molecule has 3 nitrogen and oxygen atoms in total. The zero-order valence-corrected chi connectivity index (χ0v) is 13.7. The molecule has 1 aliphatic carbocycles. The van der Waals surface area contributed by atoms with Gasteiger partial charge in [-0.05, 0) is 38.7 Å². The Morgan fingerprint density at radius 1 is 1.55 bits per heavy atom. The van der Waals surface area contributed by atoms with Crippen LogP contribution < -0.4 is 5.32 Å². The lowest BCUT2D eigenvalue weighted by atomic mass is 9.74. The number of hydrogen-bond acceptors (Lipinski definition) is 2. The first-order valence-corrected chi connectivity index (χ1v) is 7.64. The third-order valence-corrected chi connectivity index (χ3v) is 4.66. The lowest BCUT2D eigenvalue weighted by Crippen LogP contribution is -2.43. The summed E-state index contributed by atoms with van der Waals surface area (Å²) in [6, 6.07) is 2.06. The molecule has 2 rings (SSSR count). The van der Waals surface area contributed by atoms with Crippen LogP contribution in [0.15, 0.2) is 10.5 Å². The Morgan fingerprint density at radius 3 is 2.80 bits per heavy atom. The van der Waals surface area contributed by atoms with Gasteiger partial charge in [0.25, 0.3) is 0 Å². The van der Waals surface area contributed by atoms with Gasteiger partial charge >= 0.3 is 0 Å². The molecule has 4 heteroatoms. The summed E-state index contributed by atoms with van der Waals surface area (Å²) in [4.78, 5) is 12.4. The quantitative estimate of drug-likeness (QED) is 0.857. The standard InChI is InChI=1S/C16H24ClNO2/c1-10-6-11-12(18-14(19)16(4,5)9-17)7-15(2,3)8-13(11)20-10/h6,12H,7-9H2,1-5H3,(H,18,19). The van der Waals surface area contributed by atoms with E-state index in [4.69, 9.17) is 16.0 Å². The number of amides is 1. The van der Waals surface area contributed by atoms with Crippen LogP contribution >= 0.6 is 11.6 Å². The number of furan rings is 1. The van der Waals surface area contributed by atoms with Gasteiger partial charge in [-0.2, -0.15) is 0 Å². The van der Waals surface area contributed by atoms with E-state index < -0.39 is 5.41 Å². The van der Waals surface area contributed by atoms with Crippen molar-refractivity contribution in [2.45, 2.75) is 53.5 Å². The maximum absolute atomic E-state index is 12.4. The van der Waals surface area contributed by atoms with E-state index in [9.17, 15) is 4.79 Å². The Kier molecular flexibility index (Phi) is 3.94. The number of nitrogens with one attached hydrogen (secondary N) is 1. The van der Waals surface area contributed by atoms with Crippen LogP contribution in [0.4, 0.5) is 0 Å². The molecular weight excluding hydrogens is 274 g/mol. The molecular formula is C16H24ClNO2. The molecule has 0 fully saturated rings. The summed E-state index contributed by atoms with van der Waals surface area (Å²) in [7, 11) is 0. The molecule has 1 aliphatic rings. The molecule has 1 aromatic heterocycles. The SMILES string of the molecule is Cc1cc2c(o1)CC(C)(C)CC2NC(=O)C(C)(C)CCl. The summed E-state index contributed by atoms with van der Waals surface area (Å²) >= 11 is 5.89. The first-order chi connectivity index (χ1) is 9.14. The van der Waals surface area contributed by atoms with Crippen molar-refractivity contribution in [3.8, 4) is 0 Å². The molecule has 1 unspecified atom stereocenters. The number of halogens is 1. The first kappa shape index (κ1) is 15.4. The largest absolute Gasteiger partial charge is 0.466 e. The van der Waals surface area contributed by atoms with Crippen molar-refractivity contribution in [3.05, 3.63) is 23.2 Å². The second kappa shape index (κ2) is 5.10. The van der Waals surface area contributed by atoms with E-state index in [2.05, 4.69) is 19.2 Å². The van der Waals surface area contributed by atoms with E-state index >= 15 is 0 Å². The van der Waals surface area contributed by atoms with E-state index in [-0.39, 0.29) is 17.4 Å². The van der Waals surface area contributed by atoms with Crippen molar-refractivity contribution in [1.82, 2.24) is 5.32 Å². The van der Waals surface area contributed by atoms with Gasteiger partial charge in [-0.25, -0.2) is 0 Å². The number of aryl methyl sites for hydroxylation is 1. The van der Waals surface area contributed by atoms with Crippen molar-refractivity contribution >= 4 is 17.5 Å². The Labute approximate surface area is 126 Å². The van der Waals surface area contributed by atoms with Gasteiger partial charge < -0.3 is 9.73 Å². The normalized spacial score (nSPS) is 21.4. The van der Waals surface area contributed by atoms with E-state index in [0.717, 1.165) is 29.9 Å². The fourth-order valence-electron chi connectivity index (χ4n) is 2.73. The highest BCUT2D eigenvalue weighted by molar-refractivity contribution is 6.19. The van der Waals surface area contributed by atoms with Crippen LogP contribution in [0.25, 0.3) is 0 Å². The summed E-state index contributed by atoms with van der Waals surface area (Å²) in [5, 5.41) is 3.15. The highest BCUT2D eigenvalue weighted by Gasteiger charge is 2.37. The number of hydrogen-bond donors (Lipinski definition) is 1. The predicted octanol–water partition coefficient (Wildman–Crippen LogP) is 3.98. The molecule has 0 bridgehead atoms. The number of carbonyl (C=O) groups excluding carboxylic acids is 1. The molecule has 1 aromatic rings. The van der Waals surface area contributed by atoms with E-state index in [1.807, 2.05) is 26.8 Å². The second-order valence-electron chi connectivity index (χ2n) is 7.32. The Hall–Kier alpha value is -0.960. The summed E-state index contributed by atoms with van der Waals surface area (Å²) in [6.45, 7) is 10.1. The van der Waals surface area contributed by atoms with Gasteiger partial charge in [-0.1, -0.05) is 13.8 Å². The van der Waals surface area contributed by atoms with Gasteiger partial charge in [0.15, 0.2) is 0 Å². The maximum atomic E-state index is 12.4. The smallest absolute Gasteiger partial charge is 0.227 e. The van der Waals surface area contributed by atoms with Crippen molar-refractivity contribution in [3.63, 3.8) is 0 Å². The summed E-state index contributed by atoms with van der Waals surface area (Å²) in [6.07, 6.45) is 1.84. The molecule has 0 saturated heterocycles. The molecule has 0 spiro atoms. The minimum Gasteiger partial charge on any atom is -0.466 e. The molecule has 0 radical (unpaired) electrons. The lowest BCUT2D eigenvalue weighted by Gasteiger charge is -2.36. The van der Waals surface area contributed by atoms with Crippen molar-refractivity contribution in [2.24, 2.45) is 10.8 Å². The highest BCUT2D eigenvalue weighted by Crippen LogP contribution is 2.42. The van der Waals surface area contributed by atoms with Crippen LogP contribution in [0.5, 0.6) is 0 Å². The third-order valence-electron chi connectivity index (χ3n) is 3.99. The number of fused-ring (bicyclic) bond motifs is 1.